The molecule has 0 atom stereocenters. The monoisotopic (exact) mass is 330 g/mol. The lowest BCUT2D eigenvalue weighted by molar-refractivity contribution is -0.175. The Kier molecular flexibility index (Phi) is 3.71. The lowest BCUT2D eigenvalue weighted by Crippen LogP contribution is -2.60. The average Bonchev–Trinajstić information content (AvgIpc) is 2.30. The molecule has 2 rings (SSSR count). The second-order valence-corrected chi connectivity index (χ2v) is 6.23. The molecule has 3 nitrogen and oxygen atoms in total. The normalized spacial score (nSPS) is 17.7. The van der Waals surface area contributed by atoms with E-state index in [4.69, 9.17) is 9.47 Å². The van der Waals surface area contributed by atoms with Crippen molar-refractivity contribution in [3.05, 3.63) is 34.1 Å². The Hall–Kier alpha value is -0.940. The molecule has 0 aliphatic carbocycles. The van der Waals surface area contributed by atoms with Crippen LogP contribution in [0.5, 0.6) is 0 Å². The molecule has 0 bridgehead atoms. The van der Waals surface area contributed by atoms with Gasteiger partial charge in [0.05, 0.1) is 31.2 Å². The van der Waals surface area contributed by atoms with E-state index in [9.17, 15) is 9.18 Å². The molecule has 5 heteroatoms. The number of hydrogen-bond acceptors (Lipinski definition) is 3. The van der Waals surface area contributed by atoms with Gasteiger partial charge >= 0.3 is 5.97 Å². The van der Waals surface area contributed by atoms with Crippen LogP contribution in [0.3, 0.4) is 0 Å². The van der Waals surface area contributed by atoms with Crippen LogP contribution in [-0.4, -0.2) is 26.3 Å². The van der Waals surface area contributed by atoms with Crippen molar-refractivity contribution in [2.45, 2.75) is 19.3 Å². The molecular weight excluding hydrogens is 315 g/mol. The van der Waals surface area contributed by atoms with Gasteiger partial charge in [0.25, 0.3) is 0 Å². The largest absolute Gasteiger partial charge is 0.469 e. The zero-order chi connectivity index (χ0) is 14.3. The number of halogens is 2. The molecule has 1 aliphatic rings. The van der Waals surface area contributed by atoms with Crippen LogP contribution in [0.25, 0.3) is 0 Å². The first-order valence-electron chi connectivity index (χ1n) is 5.97. The first-order valence-corrected chi connectivity index (χ1v) is 6.76. The maximum absolute atomic E-state index is 14.2. The van der Waals surface area contributed by atoms with Crippen LogP contribution in [0, 0.1) is 11.2 Å². The fraction of sp³-hybridized carbons (Fsp3) is 0.500. The Bertz CT molecular complexity index is 509. The molecular formula is C14H16BrFO3. The maximum Gasteiger partial charge on any atom is 0.312 e. The van der Waals surface area contributed by atoms with Crippen LogP contribution >= 0.6 is 15.9 Å². The number of methoxy groups -OCH3 is 1. The van der Waals surface area contributed by atoms with Gasteiger partial charge in [-0.25, -0.2) is 4.39 Å². The Balaban J connectivity index is 2.54. The Labute approximate surface area is 120 Å². The summed E-state index contributed by atoms with van der Waals surface area (Å²) in [5, 5.41) is 0. The third-order valence-corrected chi connectivity index (χ3v) is 4.53. The number of carbonyl (C=O) groups is 1. The van der Waals surface area contributed by atoms with Gasteiger partial charge < -0.3 is 9.47 Å². The van der Waals surface area contributed by atoms with Crippen molar-refractivity contribution < 1.29 is 18.7 Å². The van der Waals surface area contributed by atoms with Gasteiger partial charge in [-0.05, 0) is 32.0 Å². The molecule has 19 heavy (non-hydrogen) atoms. The number of benzene rings is 1. The molecule has 0 N–H and O–H groups in total. The molecule has 1 aliphatic heterocycles. The topological polar surface area (TPSA) is 35.5 Å². The predicted molar refractivity (Wildman–Crippen MR) is 72.4 cm³/mol. The Morgan fingerprint density at radius 3 is 2.58 bits per heavy atom. The van der Waals surface area contributed by atoms with Gasteiger partial charge in [-0.2, -0.15) is 0 Å². The van der Waals surface area contributed by atoms with Gasteiger partial charge in [0.2, 0.25) is 0 Å². The van der Waals surface area contributed by atoms with E-state index in [0.29, 0.717) is 18.8 Å². The lowest BCUT2D eigenvalue weighted by Gasteiger charge is -2.51. The van der Waals surface area contributed by atoms with Gasteiger partial charge in [0.15, 0.2) is 0 Å². The van der Waals surface area contributed by atoms with E-state index in [1.165, 1.54) is 13.2 Å². The van der Waals surface area contributed by atoms with E-state index in [-0.39, 0.29) is 11.8 Å². The summed E-state index contributed by atoms with van der Waals surface area (Å²) in [6, 6.07) is 4.74. The van der Waals surface area contributed by atoms with Gasteiger partial charge in [0.1, 0.15) is 5.82 Å². The summed E-state index contributed by atoms with van der Waals surface area (Å²) in [4.78, 5) is 12.0. The molecule has 1 heterocycles. The Morgan fingerprint density at radius 1 is 1.47 bits per heavy atom. The number of carbonyl (C=O) groups excluding carboxylic acids is 1. The highest BCUT2D eigenvalue weighted by Gasteiger charge is 2.57. The van der Waals surface area contributed by atoms with E-state index in [1.54, 1.807) is 26.0 Å². The minimum atomic E-state index is -0.859. The number of ether oxygens (including phenoxy) is 2. The molecule has 1 aromatic carbocycles. The zero-order valence-electron chi connectivity index (χ0n) is 11.1. The summed E-state index contributed by atoms with van der Waals surface area (Å²) in [7, 11) is 1.34. The van der Waals surface area contributed by atoms with E-state index in [0.717, 1.165) is 4.47 Å². The van der Waals surface area contributed by atoms with Crippen LogP contribution in [0.4, 0.5) is 4.39 Å². The van der Waals surface area contributed by atoms with Gasteiger partial charge in [-0.3, -0.25) is 4.79 Å². The van der Waals surface area contributed by atoms with E-state index >= 15 is 0 Å². The highest BCUT2D eigenvalue weighted by Crippen LogP contribution is 2.49. The molecule has 0 unspecified atom stereocenters. The van der Waals surface area contributed by atoms with Gasteiger partial charge in [0, 0.05) is 10.0 Å². The predicted octanol–water partition coefficient (Wildman–Crippen LogP) is 3.06. The number of esters is 1. The van der Waals surface area contributed by atoms with Crippen LogP contribution in [0.1, 0.15) is 19.4 Å². The van der Waals surface area contributed by atoms with Crippen LogP contribution in [0.2, 0.25) is 0 Å². The summed E-state index contributed by atoms with van der Waals surface area (Å²) in [6.45, 7) is 4.15. The maximum atomic E-state index is 14.2. The van der Waals surface area contributed by atoms with Crippen molar-refractivity contribution in [1.82, 2.24) is 0 Å². The third kappa shape index (κ3) is 2.09. The molecule has 0 saturated carbocycles. The van der Waals surface area contributed by atoms with Crippen LogP contribution in [-0.2, 0) is 19.7 Å². The number of rotatable bonds is 3. The third-order valence-electron chi connectivity index (χ3n) is 4.03. The van der Waals surface area contributed by atoms with Gasteiger partial charge in [-0.15, -0.1) is 0 Å². The molecule has 1 saturated heterocycles. The van der Waals surface area contributed by atoms with Crippen molar-refractivity contribution in [3.63, 3.8) is 0 Å². The lowest BCUT2D eigenvalue weighted by atomic mass is 9.60. The fourth-order valence-electron chi connectivity index (χ4n) is 2.47. The second kappa shape index (κ2) is 4.87. The summed E-state index contributed by atoms with van der Waals surface area (Å²) in [5.74, 6) is -0.696. The Morgan fingerprint density at radius 2 is 2.11 bits per heavy atom. The van der Waals surface area contributed by atoms with Crippen molar-refractivity contribution in [2.24, 2.45) is 5.41 Å². The molecule has 0 amide bonds. The smallest absolute Gasteiger partial charge is 0.312 e. The first kappa shape index (κ1) is 14.5. The quantitative estimate of drug-likeness (QED) is 0.799. The SMILES string of the molecule is COC(=O)C(C)(C)C1(c2cc(Br)ccc2F)COC1. The van der Waals surface area contributed by atoms with E-state index in [1.807, 2.05) is 0 Å². The van der Waals surface area contributed by atoms with Crippen molar-refractivity contribution >= 4 is 21.9 Å². The van der Waals surface area contributed by atoms with Crippen molar-refractivity contribution in [1.29, 1.82) is 0 Å². The molecule has 0 spiro atoms. The molecule has 1 fully saturated rings. The van der Waals surface area contributed by atoms with Gasteiger partial charge in [-0.1, -0.05) is 15.9 Å². The summed E-state index contributed by atoms with van der Waals surface area (Å²) in [5.41, 5.74) is -1.06. The van der Waals surface area contributed by atoms with Crippen molar-refractivity contribution in [2.75, 3.05) is 20.3 Å². The molecule has 0 aromatic heterocycles. The molecule has 0 radical (unpaired) electrons. The summed E-state index contributed by atoms with van der Waals surface area (Å²) >= 11 is 3.34. The minimum Gasteiger partial charge on any atom is -0.469 e. The fourth-order valence-corrected chi connectivity index (χ4v) is 2.84. The minimum absolute atomic E-state index is 0.308. The molecule has 1 aromatic rings. The van der Waals surface area contributed by atoms with Crippen LogP contribution < -0.4 is 0 Å². The average molecular weight is 331 g/mol. The standard InChI is InChI=1S/C14H16BrFO3/c1-13(2,12(17)18-3)14(7-19-8-14)10-6-9(15)4-5-11(10)16/h4-6H,7-8H2,1-3H3. The first-order chi connectivity index (χ1) is 8.85. The summed E-state index contributed by atoms with van der Waals surface area (Å²) in [6.07, 6.45) is 0. The zero-order valence-corrected chi connectivity index (χ0v) is 12.7. The second-order valence-electron chi connectivity index (χ2n) is 5.32. The number of hydrogen-bond donors (Lipinski definition) is 0. The van der Waals surface area contributed by atoms with Crippen LogP contribution in [0.15, 0.2) is 22.7 Å². The summed E-state index contributed by atoms with van der Waals surface area (Å²) < 4.78 is 25.1. The molecule has 104 valence electrons. The highest BCUT2D eigenvalue weighted by molar-refractivity contribution is 9.10. The van der Waals surface area contributed by atoms with E-state index < -0.39 is 10.8 Å². The highest BCUT2D eigenvalue weighted by atomic mass is 79.9. The van der Waals surface area contributed by atoms with E-state index in [2.05, 4.69) is 15.9 Å². The van der Waals surface area contributed by atoms with Crippen molar-refractivity contribution in [3.8, 4) is 0 Å².